The van der Waals surface area contributed by atoms with E-state index in [0.717, 1.165) is 33.9 Å². The number of methoxy groups -OCH3 is 1. The standard InChI is InChI=1S/C22H19ClN2O2/c1-26-18-10-6-16(7-11-18)22-24-20-4-2-3-5-21(20)25(22)14-15-27-19-12-8-17(23)9-13-19/h2-13H,14-15H2,1H3. The molecular weight excluding hydrogens is 360 g/mol. The zero-order chi connectivity index (χ0) is 18.6. The molecule has 136 valence electrons. The first kappa shape index (κ1) is 17.4. The first-order valence-corrected chi connectivity index (χ1v) is 9.10. The van der Waals surface area contributed by atoms with Crippen LogP contribution in [0.3, 0.4) is 0 Å². The van der Waals surface area contributed by atoms with Crippen LogP contribution in [-0.2, 0) is 6.54 Å². The molecule has 1 aromatic heterocycles. The molecule has 0 amide bonds. The van der Waals surface area contributed by atoms with Crippen molar-refractivity contribution in [2.24, 2.45) is 0 Å². The van der Waals surface area contributed by atoms with E-state index in [2.05, 4.69) is 10.6 Å². The van der Waals surface area contributed by atoms with Crippen LogP contribution in [0.15, 0.2) is 72.8 Å². The van der Waals surface area contributed by atoms with Gasteiger partial charge in [-0.15, -0.1) is 0 Å². The van der Waals surface area contributed by atoms with E-state index in [-0.39, 0.29) is 0 Å². The van der Waals surface area contributed by atoms with Crippen molar-refractivity contribution in [3.63, 3.8) is 0 Å². The monoisotopic (exact) mass is 378 g/mol. The summed E-state index contributed by atoms with van der Waals surface area (Å²) >= 11 is 5.93. The second kappa shape index (κ2) is 7.72. The molecule has 5 heteroatoms. The van der Waals surface area contributed by atoms with Gasteiger partial charge in [-0.1, -0.05) is 23.7 Å². The molecule has 0 aliphatic carbocycles. The van der Waals surface area contributed by atoms with Crippen molar-refractivity contribution in [2.45, 2.75) is 6.54 Å². The summed E-state index contributed by atoms with van der Waals surface area (Å²) in [6, 6.07) is 23.5. The van der Waals surface area contributed by atoms with Gasteiger partial charge in [0.1, 0.15) is 23.9 Å². The maximum Gasteiger partial charge on any atom is 0.141 e. The van der Waals surface area contributed by atoms with Crippen LogP contribution in [0.5, 0.6) is 11.5 Å². The summed E-state index contributed by atoms with van der Waals surface area (Å²) in [5, 5.41) is 0.699. The molecule has 0 fully saturated rings. The Balaban J connectivity index is 1.62. The molecular formula is C22H19ClN2O2. The normalized spacial score (nSPS) is 10.9. The number of halogens is 1. The molecule has 0 aliphatic rings. The van der Waals surface area contributed by atoms with E-state index in [1.165, 1.54) is 0 Å². The number of hydrogen-bond donors (Lipinski definition) is 0. The molecule has 4 nitrogen and oxygen atoms in total. The fraction of sp³-hybridized carbons (Fsp3) is 0.136. The highest BCUT2D eigenvalue weighted by Crippen LogP contribution is 2.26. The molecule has 0 bridgehead atoms. The molecule has 0 saturated heterocycles. The Morgan fingerprint density at radius 1 is 0.889 bits per heavy atom. The van der Waals surface area contributed by atoms with Crippen LogP contribution in [0.1, 0.15) is 0 Å². The summed E-state index contributed by atoms with van der Waals surface area (Å²) in [6.45, 7) is 1.22. The highest BCUT2D eigenvalue weighted by molar-refractivity contribution is 6.30. The van der Waals surface area contributed by atoms with Crippen molar-refractivity contribution >= 4 is 22.6 Å². The van der Waals surface area contributed by atoms with Crippen LogP contribution < -0.4 is 9.47 Å². The lowest BCUT2D eigenvalue weighted by molar-refractivity contribution is 0.301. The fourth-order valence-electron chi connectivity index (χ4n) is 3.05. The van der Waals surface area contributed by atoms with Gasteiger partial charge in [-0.2, -0.15) is 0 Å². The molecule has 1 heterocycles. The van der Waals surface area contributed by atoms with Crippen LogP contribution >= 0.6 is 11.6 Å². The van der Waals surface area contributed by atoms with Gasteiger partial charge in [0.05, 0.1) is 24.7 Å². The molecule has 0 N–H and O–H groups in total. The van der Waals surface area contributed by atoms with Gasteiger partial charge in [-0.05, 0) is 60.7 Å². The number of fused-ring (bicyclic) bond motifs is 1. The molecule has 4 aromatic rings. The molecule has 0 spiro atoms. The topological polar surface area (TPSA) is 36.3 Å². The van der Waals surface area contributed by atoms with Gasteiger partial charge in [0.2, 0.25) is 0 Å². The Hall–Kier alpha value is -2.98. The minimum atomic E-state index is 0.533. The van der Waals surface area contributed by atoms with E-state index in [1.54, 1.807) is 7.11 Å². The van der Waals surface area contributed by atoms with E-state index in [9.17, 15) is 0 Å². The predicted molar refractivity (Wildman–Crippen MR) is 109 cm³/mol. The van der Waals surface area contributed by atoms with E-state index in [4.69, 9.17) is 26.1 Å². The third-order valence-electron chi connectivity index (χ3n) is 4.40. The van der Waals surface area contributed by atoms with Crippen LogP contribution in [0, 0.1) is 0 Å². The molecule has 4 rings (SSSR count). The molecule has 27 heavy (non-hydrogen) atoms. The van der Waals surface area contributed by atoms with Gasteiger partial charge >= 0.3 is 0 Å². The lowest BCUT2D eigenvalue weighted by Crippen LogP contribution is -2.09. The van der Waals surface area contributed by atoms with Gasteiger partial charge in [0.25, 0.3) is 0 Å². The number of imidazole rings is 1. The summed E-state index contributed by atoms with van der Waals surface area (Å²) in [4.78, 5) is 4.82. The lowest BCUT2D eigenvalue weighted by Gasteiger charge is -2.11. The van der Waals surface area contributed by atoms with Crippen LogP contribution in [-0.4, -0.2) is 23.3 Å². The predicted octanol–water partition coefficient (Wildman–Crippen LogP) is 5.44. The van der Waals surface area contributed by atoms with Gasteiger partial charge in [0.15, 0.2) is 0 Å². The summed E-state index contributed by atoms with van der Waals surface area (Å²) in [5.41, 5.74) is 3.09. The lowest BCUT2D eigenvalue weighted by atomic mass is 10.2. The van der Waals surface area contributed by atoms with Crippen molar-refractivity contribution in [2.75, 3.05) is 13.7 Å². The van der Waals surface area contributed by atoms with E-state index in [1.807, 2.05) is 66.7 Å². The molecule has 0 unspecified atom stereocenters. The highest BCUT2D eigenvalue weighted by atomic mass is 35.5. The number of ether oxygens (including phenoxy) is 2. The maximum atomic E-state index is 5.93. The van der Waals surface area contributed by atoms with E-state index in [0.29, 0.717) is 18.2 Å². The minimum Gasteiger partial charge on any atom is -0.497 e. The largest absolute Gasteiger partial charge is 0.497 e. The minimum absolute atomic E-state index is 0.533. The quantitative estimate of drug-likeness (QED) is 0.448. The van der Waals surface area contributed by atoms with Gasteiger partial charge < -0.3 is 14.0 Å². The van der Waals surface area contributed by atoms with Crippen molar-refractivity contribution in [1.29, 1.82) is 0 Å². The number of hydrogen-bond acceptors (Lipinski definition) is 3. The van der Waals surface area contributed by atoms with Crippen molar-refractivity contribution < 1.29 is 9.47 Å². The second-order valence-electron chi connectivity index (χ2n) is 6.11. The highest BCUT2D eigenvalue weighted by Gasteiger charge is 2.12. The average Bonchev–Trinajstić information content (AvgIpc) is 3.08. The van der Waals surface area contributed by atoms with Gasteiger partial charge in [-0.25, -0.2) is 4.98 Å². The zero-order valence-electron chi connectivity index (χ0n) is 14.9. The van der Waals surface area contributed by atoms with Gasteiger partial charge in [-0.3, -0.25) is 0 Å². The number of rotatable bonds is 6. The molecule has 0 atom stereocenters. The van der Waals surface area contributed by atoms with Crippen LogP contribution in [0.4, 0.5) is 0 Å². The number of aromatic nitrogens is 2. The van der Waals surface area contributed by atoms with Gasteiger partial charge in [0, 0.05) is 10.6 Å². The molecule has 3 aromatic carbocycles. The Morgan fingerprint density at radius 3 is 2.33 bits per heavy atom. The fourth-order valence-corrected chi connectivity index (χ4v) is 3.17. The van der Waals surface area contributed by atoms with Crippen LogP contribution in [0.25, 0.3) is 22.4 Å². The summed E-state index contributed by atoms with van der Waals surface area (Å²) < 4.78 is 13.3. The summed E-state index contributed by atoms with van der Waals surface area (Å²) in [6.07, 6.45) is 0. The second-order valence-corrected chi connectivity index (χ2v) is 6.54. The number of para-hydroxylation sites is 2. The maximum absolute atomic E-state index is 5.93. The third kappa shape index (κ3) is 3.76. The number of benzene rings is 3. The Morgan fingerprint density at radius 2 is 1.59 bits per heavy atom. The summed E-state index contributed by atoms with van der Waals surface area (Å²) in [7, 11) is 1.67. The SMILES string of the molecule is COc1ccc(-c2nc3ccccc3n2CCOc2ccc(Cl)cc2)cc1. The van der Waals surface area contributed by atoms with E-state index >= 15 is 0 Å². The van der Waals surface area contributed by atoms with Crippen LogP contribution in [0.2, 0.25) is 5.02 Å². The Labute approximate surface area is 162 Å². The van der Waals surface area contributed by atoms with Crippen molar-refractivity contribution in [1.82, 2.24) is 9.55 Å². The molecule has 0 saturated carbocycles. The third-order valence-corrected chi connectivity index (χ3v) is 4.65. The average molecular weight is 379 g/mol. The van der Waals surface area contributed by atoms with Crippen molar-refractivity contribution in [3.05, 3.63) is 77.8 Å². The smallest absolute Gasteiger partial charge is 0.141 e. The first-order valence-electron chi connectivity index (χ1n) is 8.72. The zero-order valence-corrected chi connectivity index (χ0v) is 15.7. The molecule has 0 aliphatic heterocycles. The Bertz CT molecular complexity index is 1040. The molecule has 0 radical (unpaired) electrons. The van der Waals surface area contributed by atoms with Crippen molar-refractivity contribution in [3.8, 4) is 22.9 Å². The summed E-state index contributed by atoms with van der Waals surface area (Å²) in [5.74, 6) is 2.54. The Kier molecular flexibility index (Phi) is 4.99. The van der Waals surface area contributed by atoms with E-state index < -0.39 is 0 Å². The first-order chi connectivity index (χ1) is 13.2. The number of nitrogens with zero attached hydrogens (tertiary/aromatic N) is 2.